The lowest BCUT2D eigenvalue weighted by Gasteiger charge is -2.12. The zero-order valence-electron chi connectivity index (χ0n) is 7.83. The van der Waals surface area contributed by atoms with Crippen molar-refractivity contribution in [3.8, 4) is 0 Å². The number of nitrogens with zero attached hydrogens (tertiary/aromatic N) is 1. The molecule has 1 aliphatic carbocycles. The Morgan fingerprint density at radius 2 is 2.08 bits per heavy atom. The summed E-state index contributed by atoms with van der Waals surface area (Å²) in [5, 5.41) is 3.41. The molecule has 0 unspecified atom stereocenters. The molecule has 2 heteroatoms. The molecule has 0 aliphatic heterocycles. The molecule has 0 aromatic carbocycles. The summed E-state index contributed by atoms with van der Waals surface area (Å²) in [6, 6.07) is 6.62. The molecule has 0 fully saturated rings. The monoisotopic (exact) mass is 174 g/mol. The molecule has 1 aromatic heterocycles. The zero-order valence-corrected chi connectivity index (χ0v) is 7.83. The van der Waals surface area contributed by atoms with Crippen LogP contribution in [-0.2, 0) is 0 Å². The third-order valence-corrected chi connectivity index (χ3v) is 2.25. The first-order valence-corrected chi connectivity index (χ1v) is 4.70. The molecule has 2 nitrogen and oxygen atoms in total. The Hall–Kier alpha value is -1.31. The Balaban J connectivity index is 2.01. The highest BCUT2D eigenvalue weighted by Gasteiger charge is 2.09. The summed E-state index contributed by atoms with van der Waals surface area (Å²) in [7, 11) is 0. The molecular weight excluding hydrogens is 160 g/mol. The maximum absolute atomic E-state index is 4.40. The SMILES string of the molecule is Cc1cccc(NC2CC=CC2)n1. The average Bonchev–Trinajstić information content (AvgIpc) is 2.57. The third kappa shape index (κ3) is 2.08. The van der Waals surface area contributed by atoms with Gasteiger partial charge in [-0.1, -0.05) is 18.2 Å². The van der Waals surface area contributed by atoms with E-state index >= 15 is 0 Å². The summed E-state index contributed by atoms with van der Waals surface area (Å²) in [5.74, 6) is 0.994. The molecule has 13 heavy (non-hydrogen) atoms. The minimum atomic E-state index is 0.550. The molecule has 0 bridgehead atoms. The van der Waals surface area contributed by atoms with Gasteiger partial charge in [0.15, 0.2) is 0 Å². The van der Waals surface area contributed by atoms with Gasteiger partial charge in [-0.25, -0.2) is 4.98 Å². The normalized spacial score (nSPS) is 16.4. The van der Waals surface area contributed by atoms with Crippen molar-refractivity contribution in [2.45, 2.75) is 25.8 Å². The van der Waals surface area contributed by atoms with E-state index in [2.05, 4.69) is 22.5 Å². The largest absolute Gasteiger partial charge is 0.367 e. The van der Waals surface area contributed by atoms with Gasteiger partial charge in [-0.2, -0.15) is 0 Å². The summed E-state index contributed by atoms with van der Waals surface area (Å²) >= 11 is 0. The van der Waals surface area contributed by atoms with Gasteiger partial charge < -0.3 is 5.32 Å². The predicted octanol–water partition coefficient (Wildman–Crippen LogP) is 2.52. The molecule has 2 rings (SSSR count). The number of hydrogen-bond acceptors (Lipinski definition) is 2. The van der Waals surface area contributed by atoms with Gasteiger partial charge in [0.1, 0.15) is 5.82 Å². The number of hydrogen-bond donors (Lipinski definition) is 1. The van der Waals surface area contributed by atoms with Gasteiger partial charge in [0.2, 0.25) is 0 Å². The van der Waals surface area contributed by atoms with E-state index in [1.54, 1.807) is 0 Å². The summed E-state index contributed by atoms with van der Waals surface area (Å²) in [5.41, 5.74) is 1.07. The van der Waals surface area contributed by atoms with Crippen LogP contribution in [-0.4, -0.2) is 11.0 Å². The lowest BCUT2D eigenvalue weighted by atomic mass is 10.2. The molecule has 1 aliphatic rings. The van der Waals surface area contributed by atoms with Gasteiger partial charge in [0.25, 0.3) is 0 Å². The lowest BCUT2D eigenvalue weighted by molar-refractivity contribution is 0.780. The highest BCUT2D eigenvalue weighted by molar-refractivity contribution is 5.37. The van der Waals surface area contributed by atoms with E-state index in [1.165, 1.54) is 0 Å². The smallest absolute Gasteiger partial charge is 0.126 e. The maximum Gasteiger partial charge on any atom is 0.126 e. The second-order valence-corrected chi connectivity index (χ2v) is 3.45. The summed E-state index contributed by atoms with van der Waals surface area (Å²) in [4.78, 5) is 4.40. The van der Waals surface area contributed by atoms with E-state index in [0.717, 1.165) is 24.4 Å². The van der Waals surface area contributed by atoms with Crippen molar-refractivity contribution in [3.63, 3.8) is 0 Å². The van der Waals surface area contributed by atoms with Crippen LogP contribution >= 0.6 is 0 Å². The van der Waals surface area contributed by atoms with E-state index in [0.29, 0.717) is 6.04 Å². The number of anilines is 1. The van der Waals surface area contributed by atoms with Crippen molar-refractivity contribution >= 4 is 5.82 Å². The molecule has 1 N–H and O–H groups in total. The quantitative estimate of drug-likeness (QED) is 0.697. The van der Waals surface area contributed by atoms with Gasteiger partial charge in [0.05, 0.1) is 0 Å². The molecule has 1 aromatic rings. The fraction of sp³-hybridized carbons (Fsp3) is 0.364. The van der Waals surface area contributed by atoms with Crippen molar-refractivity contribution in [2.24, 2.45) is 0 Å². The highest BCUT2D eigenvalue weighted by Crippen LogP contribution is 2.15. The average molecular weight is 174 g/mol. The molecule has 0 atom stereocenters. The maximum atomic E-state index is 4.40. The number of nitrogens with one attached hydrogen (secondary N) is 1. The molecule has 0 spiro atoms. The van der Waals surface area contributed by atoms with Crippen LogP contribution in [0.5, 0.6) is 0 Å². The van der Waals surface area contributed by atoms with Crippen LogP contribution in [0.4, 0.5) is 5.82 Å². The molecule has 68 valence electrons. The van der Waals surface area contributed by atoms with Crippen LogP contribution in [0.1, 0.15) is 18.5 Å². The minimum absolute atomic E-state index is 0.550. The molecule has 1 heterocycles. The predicted molar refractivity (Wildman–Crippen MR) is 54.8 cm³/mol. The third-order valence-electron chi connectivity index (χ3n) is 2.25. The van der Waals surface area contributed by atoms with Gasteiger partial charge in [0, 0.05) is 11.7 Å². The van der Waals surface area contributed by atoms with Crippen LogP contribution in [0, 0.1) is 6.92 Å². The summed E-state index contributed by atoms with van der Waals surface area (Å²) < 4.78 is 0. The van der Waals surface area contributed by atoms with E-state index < -0.39 is 0 Å². The van der Waals surface area contributed by atoms with Gasteiger partial charge in [-0.05, 0) is 31.9 Å². The van der Waals surface area contributed by atoms with Crippen LogP contribution in [0.25, 0.3) is 0 Å². The molecule has 0 amide bonds. The Bertz CT molecular complexity index is 310. The van der Waals surface area contributed by atoms with Crippen molar-refractivity contribution in [1.82, 2.24) is 4.98 Å². The minimum Gasteiger partial charge on any atom is -0.367 e. The molecular formula is C11H14N2. The summed E-state index contributed by atoms with van der Waals surface area (Å²) in [6.45, 7) is 2.01. The first-order valence-electron chi connectivity index (χ1n) is 4.70. The lowest BCUT2D eigenvalue weighted by Crippen LogP contribution is -2.15. The van der Waals surface area contributed by atoms with Crippen molar-refractivity contribution < 1.29 is 0 Å². The zero-order chi connectivity index (χ0) is 9.10. The summed E-state index contributed by atoms with van der Waals surface area (Å²) in [6.07, 6.45) is 6.67. The van der Waals surface area contributed by atoms with E-state index in [9.17, 15) is 0 Å². The fourth-order valence-corrected chi connectivity index (χ4v) is 1.57. The van der Waals surface area contributed by atoms with Crippen LogP contribution in [0.2, 0.25) is 0 Å². The second-order valence-electron chi connectivity index (χ2n) is 3.45. The second kappa shape index (κ2) is 3.60. The highest BCUT2D eigenvalue weighted by atomic mass is 15.0. The molecule has 0 radical (unpaired) electrons. The topological polar surface area (TPSA) is 24.9 Å². The molecule has 0 saturated carbocycles. The standard InChI is InChI=1S/C11H14N2/c1-9-5-4-8-11(12-9)13-10-6-2-3-7-10/h2-5,8,10H,6-7H2,1H3,(H,12,13). The van der Waals surface area contributed by atoms with Crippen molar-refractivity contribution in [3.05, 3.63) is 36.0 Å². The van der Waals surface area contributed by atoms with E-state index in [1.807, 2.05) is 25.1 Å². The first kappa shape index (κ1) is 8.30. The Labute approximate surface area is 78.7 Å². The Kier molecular flexibility index (Phi) is 2.30. The van der Waals surface area contributed by atoms with Crippen LogP contribution in [0.3, 0.4) is 0 Å². The van der Waals surface area contributed by atoms with Crippen molar-refractivity contribution in [2.75, 3.05) is 5.32 Å². The number of pyridine rings is 1. The molecule has 0 saturated heterocycles. The van der Waals surface area contributed by atoms with Gasteiger partial charge in [-0.15, -0.1) is 0 Å². The Morgan fingerprint density at radius 1 is 1.31 bits per heavy atom. The number of rotatable bonds is 2. The van der Waals surface area contributed by atoms with Crippen LogP contribution < -0.4 is 5.32 Å². The first-order chi connectivity index (χ1) is 6.34. The van der Waals surface area contributed by atoms with Gasteiger partial charge >= 0.3 is 0 Å². The number of aryl methyl sites for hydroxylation is 1. The van der Waals surface area contributed by atoms with Gasteiger partial charge in [-0.3, -0.25) is 0 Å². The van der Waals surface area contributed by atoms with E-state index in [-0.39, 0.29) is 0 Å². The van der Waals surface area contributed by atoms with Crippen LogP contribution in [0.15, 0.2) is 30.4 Å². The van der Waals surface area contributed by atoms with E-state index in [4.69, 9.17) is 0 Å². The fourth-order valence-electron chi connectivity index (χ4n) is 1.57. The van der Waals surface area contributed by atoms with Crippen molar-refractivity contribution in [1.29, 1.82) is 0 Å². The Morgan fingerprint density at radius 3 is 2.77 bits per heavy atom. The number of aromatic nitrogens is 1.